The summed E-state index contributed by atoms with van der Waals surface area (Å²) >= 11 is 0. The van der Waals surface area contributed by atoms with Crippen LogP contribution in [0.5, 0.6) is 0 Å². The molecule has 0 radical (unpaired) electrons. The van der Waals surface area contributed by atoms with Gasteiger partial charge in [-0.2, -0.15) is 0 Å². The van der Waals surface area contributed by atoms with E-state index in [0.717, 1.165) is 6.54 Å². The largest absolute Gasteiger partial charge is 0.481 e. The minimum atomic E-state index is -0.895. The second-order valence-corrected chi connectivity index (χ2v) is 5.23. The van der Waals surface area contributed by atoms with Crippen LogP contribution in [0, 0.1) is 0 Å². The number of urea groups is 1. The third-order valence-corrected chi connectivity index (χ3v) is 3.17. The summed E-state index contributed by atoms with van der Waals surface area (Å²) in [6, 6.07) is 6.97. The molecule has 0 saturated heterocycles. The number of carbonyl (C=O) groups excluding carboxylic acids is 1. The first-order chi connectivity index (χ1) is 9.88. The van der Waals surface area contributed by atoms with Crippen LogP contribution in [0.3, 0.4) is 0 Å². The Labute approximate surface area is 125 Å². The SMILES string of the molecule is CC(C)N(C)CCNC(=O)Nc1cccc(CC(=O)O)c1. The Morgan fingerprint density at radius 3 is 2.67 bits per heavy atom. The summed E-state index contributed by atoms with van der Waals surface area (Å²) < 4.78 is 0. The molecule has 0 aliphatic carbocycles. The first-order valence-corrected chi connectivity index (χ1v) is 6.94. The number of hydrogen-bond donors (Lipinski definition) is 3. The van der Waals surface area contributed by atoms with Crippen molar-refractivity contribution in [1.82, 2.24) is 10.2 Å². The predicted octanol–water partition coefficient (Wildman–Crippen LogP) is 1.78. The smallest absolute Gasteiger partial charge is 0.319 e. The molecule has 0 atom stereocenters. The van der Waals surface area contributed by atoms with Gasteiger partial charge in [0.15, 0.2) is 0 Å². The Balaban J connectivity index is 2.42. The zero-order valence-corrected chi connectivity index (χ0v) is 12.7. The summed E-state index contributed by atoms with van der Waals surface area (Å²) in [4.78, 5) is 24.5. The number of nitrogens with zero attached hydrogens (tertiary/aromatic N) is 1. The van der Waals surface area contributed by atoms with Gasteiger partial charge in [-0.1, -0.05) is 12.1 Å². The van der Waals surface area contributed by atoms with Gasteiger partial charge in [-0.05, 0) is 38.6 Å². The topological polar surface area (TPSA) is 81.7 Å². The lowest BCUT2D eigenvalue weighted by atomic mass is 10.1. The van der Waals surface area contributed by atoms with Gasteiger partial charge < -0.3 is 20.6 Å². The molecule has 0 fully saturated rings. The molecule has 21 heavy (non-hydrogen) atoms. The number of aliphatic carboxylic acids is 1. The van der Waals surface area contributed by atoms with Crippen molar-refractivity contribution in [3.8, 4) is 0 Å². The van der Waals surface area contributed by atoms with E-state index >= 15 is 0 Å². The molecule has 0 heterocycles. The summed E-state index contributed by atoms with van der Waals surface area (Å²) in [5, 5.41) is 14.2. The van der Waals surface area contributed by atoms with E-state index in [2.05, 4.69) is 29.4 Å². The predicted molar refractivity (Wildman–Crippen MR) is 82.6 cm³/mol. The van der Waals surface area contributed by atoms with Gasteiger partial charge in [0.25, 0.3) is 0 Å². The van der Waals surface area contributed by atoms with Crippen molar-refractivity contribution in [2.45, 2.75) is 26.3 Å². The zero-order valence-electron chi connectivity index (χ0n) is 12.7. The molecule has 1 rings (SSSR count). The molecule has 1 aromatic carbocycles. The van der Waals surface area contributed by atoms with E-state index in [0.29, 0.717) is 23.8 Å². The van der Waals surface area contributed by atoms with Crippen molar-refractivity contribution in [1.29, 1.82) is 0 Å². The maximum absolute atomic E-state index is 11.7. The minimum absolute atomic E-state index is 0.0592. The highest BCUT2D eigenvalue weighted by atomic mass is 16.4. The lowest BCUT2D eigenvalue weighted by molar-refractivity contribution is -0.136. The third kappa shape index (κ3) is 6.76. The quantitative estimate of drug-likeness (QED) is 0.715. The Morgan fingerprint density at radius 2 is 2.05 bits per heavy atom. The number of carbonyl (C=O) groups is 2. The van der Waals surface area contributed by atoms with Crippen LogP contribution >= 0.6 is 0 Å². The maximum atomic E-state index is 11.7. The van der Waals surface area contributed by atoms with Crippen LogP contribution in [-0.4, -0.2) is 48.2 Å². The highest BCUT2D eigenvalue weighted by molar-refractivity contribution is 5.89. The number of carboxylic acid groups (broad SMARTS) is 1. The first kappa shape index (κ1) is 17.0. The molecule has 0 bridgehead atoms. The summed E-state index contributed by atoms with van der Waals surface area (Å²) in [6.45, 7) is 5.50. The average Bonchev–Trinajstić information content (AvgIpc) is 2.37. The Kier molecular flexibility index (Phi) is 6.68. The van der Waals surface area contributed by atoms with Crippen LogP contribution in [0.15, 0.2) is 24.3 Å². The molecule has 116 valence electrons. The van der Waals surface area contributed by atoms with Crippen LogP contribution in [0.1, 0.15) is 19.4 Å². The molecule has 6 heteroatoms. The maximum Gasteiger partial charge on any atom is 0.319 e. The second kappa shape index (κ2) is 8.26. The molecule has 3 N–H and O–H groups in total. The zero-order chi connectivity index (χ0) is 15.8. The number of amides is 2. The summed E-state index contributed by atoms with van der Waals surface area (Å²) in [5.41, 5.74) is 1.24. The lowest BCUT2D eigenvalue weighted by Crippen LogP contribution is -2.37. The summed E-state index contributed by atoms with van der Waals surface area (Å²) in [7, 11) is 2.00. The van der Waals surface area contributed by atoms with Crippen molar-refractivity contribution < 1.29 is 14.7 Å². The van der Waals surface area contributed by atoms with Crippen molar-refractivity contribution in [3.05, 3.63) is 29.8 Å². The van der Waals surface area contributed by atoms with E-state index in [9.17, 15) is 9.59 Å². The molecule has 6 nitrogen and oxygen atoms in total. The van der Waals surface area contributed by atoms with E-state index in [-0.39, 0.29) is 12.5 Å². The van der Waals surface area contributed by atoms with Crippen LogP contribution < -0.4 is 10.6 Å². The molecule has 0 aliphatic heterocycles. The number of hydrogen-bond acceptors (Lipinski definition) is 3. The highest BCUT2D eigenvalue weighted by Gasteiger charge is 2.06. The minimum Gasteiger partial charge on any atom is -0.481 e. The van der Waals surface area contributed by atoms with Crippen molar-refractivity contribution in [2.24, 2.45) is 0 Å². The standard InChI is InChI=1S/C15H23N3O3/c1-11(2)18(3)8-7-16-15(21)17-13-6-4-5-12(9-13)10-14(19)20/h4-6,9,11H,7-8,10H2,1-3H3,(H,19,20)(H2,16,17,21). The number of rotatable bonds is 7. The molecule has 0 aromatic heterocycles. The number of carboxylic acids is 1. The van der Waals surface area contributed by atoms with E-state index in [1.54, 1.807) is 24.3 Å². The summed E-state index contributed by atoms with van der Waals surface area (Å²) in [6.07, 6.45) is -0.0592. The molecule has 0 aliphatic rings. The van der Waals surface area contributed by atoms with Gasteiger partial charge in [-0.15, -0.1) is 0 Å². The van der Waals surface area contributed by atoms with Gasteiger partial charge in [0.05, 0.1) is 6.42 Å². The lowest BCUT2D eigenvalue weighted by Gasteiger charge is -2.20. The van der Waals surface area contributed by atoms with E-state index in [1.165, 1.54) is 0 Å². The van der Waals surface area contributed by atoms with Gasteiger partial charge in [-0.3, -0.25) is 4.79 Å². The van der Waals surface area contributed by atoms with Crippen molar-refractivity contribution in [2.75, 3.05) is 25.5 Å². The Hall–Kier alpha value is -2.08. The number of anilines is 1. The fraction of sp³-hybridized carbons (Fsp3) is 0.467. The van der Waals surface area contributed by atoms with E-state index in [1.807, 2.05) is 7.05 Å². The van der Waals surface area contributed by atoms with Crippen LogP contribution in [0.4, 0.5) is 10.5 Å². The average molecular weight is 293 g/mol. The summed E-state index contributed by atoms with van der Waals surface area (Å²) in [5.74, 6) is -0.895. The number of likely N-dealkylation sites (N-methyl/N-ethyl adjacent to an activating group) is 1. The van der Waals surface area contributed by atoms with Crippen molar-refractivity contribution >= 4 is 17.7 Å². The highest BCUT2D eigenvalue weighted by Crippen LogP contribution is 2.11. The monoisotopic (exact) mass is 293 g/mol. The van der Waals surface area contributed by atoms with Crippen molar-refractivity contribution in [3.63, 3.8) is 0 Å². The number of nitrogens with one attached hydrogen (secondary N) is 2. The molecular weight excluding hydrogens is 270 g/mol. The molecular formula is C15H23N3O3. The van der Waals surface area contributed by atoms with Crippen LogP contribution in [-0.2, 0) is 11.2 Å². The molecule has 1 aromatic rings. The van der Waals surface area contributed by atoms with Crippen LogP contribution in [0.25, 0.3) is 0 Å². The Bertz CT molecular complexity index is 489. The van der Waals surface area contributed by atoms with Crippen LogP contribution in [0.2, 0.25) is 0 Å². The van der Waals surface area contributed by atoms with Gasteiger partial charge in [0, 0.05) is 24.8 Å². The number of benzene rings is 1. The van der Waals surface area contributed by atoms with E-state index in [4.69, 9.17) is 5.11 Å². The molecule has 0 spiro atoms. The third-order valence-electron chi connectivity index (χ3n) is 3.17. The van der Waals surface area contributed by atoms with Gasteiger partial charge in [0.1, 0.15) is 0 Å². The molecule has 0 saturated carbocycles. The van der Waals surface area contributed by atoms with E-state index < -0.39 is 5.97 Å². The fourth-order valence-electron chi connectivity index (χ4n) is 1.71. The second-order valence-electron chi connectivity index (χ2n) is 5.23. The Morgan fingerprint density at radius 1 is 1.33 bits per heavy atom. The van der Waals surface area contributed by atoms with Gasteiger partial charge in [-0.25, -0.2) is 4.79 Å². The van der Waals surface area contributed by atoms with Gasteiger partial charge >= 0.3 is 12.0 Å². The van der Waals surface area contributed by atoms with Gasteiger partial charge in [0.2, 0.25) is 0 Å². The molecule has 2 amide bonds. The fourth-order valence-corrected chi connectivity index (χ4v) is 1.71. The first-order valence-electron chi connectivity index (χ1n) is 6.94. The normalized spacial score (nSPS) is 10.7. The molecule has 0 unspecified atom stereocenters.